The average Bonchev–Trinajstić information content (AvgIpc) is 3.44. The lowest BCUT2D eigenvalue weighted by Crippen LogP contribution is -2.52. The molecule has 2 unspecified atom stereocenters. The van der Waals surface area contributed by atoms with Gasteiger partial charge < -0.3 is 24.8 Å². The number of carboxylic acids is 1. The minimum Gasteiger partial charge on any atom is -0.481 e. The van der Waals surface area contributed by atoms with E-state index >= 15 is 0 Å². The van der Waals surface area contributed by atoms with Crippen LogP contribution < -0.4 is 5.32 Å². The van der Waals surface area contributed by atoms with Gasteiger partial charge in [-0.05, 0) is 28.7 Å². The van der Waals surface area contributed by atoms with E-state index < -0.39 is 30.1 Å². The van der Waals surface area contributed by atoms with E-state index in [4.69, 9.17) is 9.47 Å². The van der Waals surface area contributed by atoms with Crippen LogP contribution in [0.25, 0.3) is 11.1 Å². The van der Waals surface area contributed by atoms with Crippen molar-refractivity contribution in [1.29, 1.82) is 0 Å². The molecule has 2 aromatic carbocycles. The van der Waals surface area contributed by atoms with Crippen LogP contribution in [0.1, 0.15) is 30.4 Å². The molecule has 3 atom stereocenters. The Hall–Kier alpha value is -3.39. The highest BCUT2D eigenvalue weighted by Gasteiger charge is 2.40. The fraction of sp³-hybridized carbons (Fsp3) is 0.400. The summed E-state index contributed by atoms with van der Waals surface area (Å²) in [6, 6.07) is 14.7. The molecule has 33 heavy (non-hydrogen) atoms. The molecule has 0 aromatic heterocycles. The number of alkyl carbamates (subject to hydrolysis) is 1. The number of hydrogen-bond donors (Lipinski definition) is 2. The first kappa shape index (κ1) is 22.8. The molecule has 2 aliphatic rings. The van der Waals surface area contributed by atoms with Crippen LogP contribution in [0.5, 0.6) is 0 Å². The number of carbonyl (C=O) groups is 3. The quantitative estimate of drug-likeness (QED) is 0.669. The third-order valence-electron chi connectivity index (χ3n) is 6.55. The first-order valence-corrected chi connectivity index (χ1v) is 11.1. The van der Waals surface area contributed by atoms with Crippen molar-refractivity contribution < 1.29 is 29.0 Å². The Bertz CT molecular complexity index is 1010. The van der Waals surface area contributed by atoms with Crippen molar-refractivity contribution in [1.82, 2.24) is 10.2 Å². The molecule has 1 fully saturated rings. The van der Waals surface area contributed by atoms with E-state index in [1.807, 2.05) is 36.4 Å². The molecule has 1 aliphatic carbocycles. The number of fused-ring (bicyclic) bond motifs is 3. The van der Waals surface area contributed by atoms with Gasteiger partial charge in [0.25, 0.3) is 0 Å². The lowest BCUT2D eigenvalue weighted by atomic mass is 9.98. The molecule has 1 saturated heterocycles. The summed E-state index contributed by atoms with van der Waals surface area (Å²) in [5.41, 5.74) is 4.49. The molecule has 8 heteroatoms. The molecule has 0 bridgehead atoms. The highest BCUT2D eigenvalue weighted by atomic mass is 16.5. The predicted octanol–water partition coefficient (Wildman–Crippen LogP) is 2.86. The zero-order valence-electron chi connectivity index (χ0n) is 18.7. The molecule has 2 aromatic rings. The second kappa shape index (κ2) is 9.62. The first-order valence-electron chi connectivity index (χ1n) is 11.1. The average molecular weight is 453 g/mol. The number of rotatable bonds is 7. The van der Waals surface area contributed by atoms with Gasteiger partial charge in [0.1, 0.15) is 18.6 Å². The number of nitrogens with one attached hydrogen (secondary N) is 1. The molecule has 1 aliphatic heterocycles. The standard InChI is InChI=1S/C25H28N2O6/c1-3-21(23(28)27(2)22-14-32-12-20(22)24(29)30)26-25(31)33-13-19-17-10-6-4-8-15(17)16-9-5-7-11-18(16)19/h4-11,19-22H,3,12-14H2,1-2H3,(H,26,31)(H,29,30)/t20?,21-,22?/m1/s1. The van der Waals surface area contributed by atoms with Crippen molar-refractivity contribution in [3.05, 3.63) is 59.7 Å². The summed E-state index contributed by atoms with van der Waals surface area (Å²) < 4.78 is 10.8. The second-order valence-electron chi connectivity index (χ2n) is 8.43. The third kappa shape index (κ3) is 4.43. The van der Waals surface area contributed by atoms with Crippen LogP contribution in [0.3, 0.4) is 0 Å². The Morgan fingerprint density at radius 1 is 1.09 bits per heavy atom. The second-order valence-corrected chi connectivity index (χ2v) is 8.43. The zero-order valence-corrected chi connectivity index (χ0v) is 18.7. The predicted molar refractivity (Wildman–Crippen MR) is 121 cm³/mol. The van der Waals surface area contributed by atoms with E-state index in [2.05, 4.69) is 17.4 Å². The molecule has 2 amide bonds. The van der Waals surface area contributed by atoms with Gasteiger partial charge in [-0.15, -0.1) is 0 Å². The Balaban J connectivity index is 1.39. The van der Waals surface area contributed by atoms with Crippen molar-refractivity contribution >= 4 is 18.0 Å². The zero-order chi connectivity index (χ0) is 23.5. The van der Waals surface area contributed by atoms with Crippen molar-refractivity contribution in [3.63, 3.8) is 0 Å². The first-order chi connectivity index (χ1) is 15.9. The van der Waals surface area contributed by atoms with Gasteiger partial charge in [-0.1, -0.05) is 55.5 Å². The Morgan fingerprint density at radius 2 is 1.70 bits per heavy atom. The minimum atomic E-state index is -1.00. The number of likely N-dealkylation sites (N-methyl/N-ethyl adjacent to an activating group) is 1. The Labute approximate surface area is 192 Å². The largest absolute Gasteiger partial charge is 0.481 e. The van der Waals surface area contributed by atoms with E-state index in [-0.39, 0.29) is 31.6 Å². The van der Waals surface area contributed by atoms with Crippen molar-refractivity contribution in [2.24, 2.45) is 5.92 Å². The van der Waals surface area contributed by atoms with Gasteiger partial charge in [-0.3, -0.25) is 9.59 Å². The van der Waals surface area contributed by atoms with Crippen molar-refractivity contribution in [3.8, 4) is 11.1 Å². The van der Waals surface area contributed by atoms with E-state index in [1.165, 1.54) is 4.90 Å². The fourth-order valence-electron chi connectivity index (χ4n) is 4.69. The molecule has 0 saturated carbocycles. The van der Waals surface area contributed by atoms with Crippen LogP contribution >= 0.6 is 0 Å². The molecule has 0 radical (unpaired) electrons. The number of aliphatic carboxylic acids is 1. The number of carboxylic acid groups (broad SMARTS) is 1. The van der Waals surface area contributed by atoms with Gasteiger partial charge in [0.15, 0.2) is 0 Å². The number of amides is 2. The van der Waals surface area contributed by atoms with Crippen LogP contribution in [0, 0.1) is 5.92 Å². The van der Waals surface area contributed by atoms with Crippen LogP contribution in [0.15, 0.2) is 48.5 Å². The molecule has 174 valence electrons. The molecule has 8 nitrogen and oxygen atoms in total. The lowest BCUT2D eigenvalue weighted by molar-refractivity contribution is -0.145. The summed E-state index contributed by atoms with van der Waals surface area (Å²) in [6.07, 6.45) is -0.332. The van der Waals surface area contributed by atoms with E-state index in [0.29, 0.717) is 6.42 Å². The summed E-state index contributed by atoms with van der Waals surface area (Å²) in [4.78, 5) is 38.4. The van der Waals surface area contributed by atoms with Crippen LogP contribution in [-0.4, -0.2) is 66.9 Å². The molecule has 0 spiro atoms. The molecular weight excluding hydrogens is 424 g/mol. The summed E-state index contributed by atoms with van der Waals surface area (Å²) in [5.74, 6) is -2.23. The molecule has 4 rings (SSSR count). The normalized spacial score (nSPS) is 19.9. The Kier molecular flexibility index (Phi) is 6.65. The number of nitrogens with zero attached hydrogens (tertiary/aromatic N) is 1. The summed E-state index contributed by atoms with van der Waals surface area (Å²) >= 11 is 0. The lowest BCUT2D eigenvalue weighted by Gasteiger charge is -2.30. The minimum absolute atomic E-state index is 0.0637. The van der Waals surface area contributed by atoms with Crippen LogP contribution in [0.2, 0.25) is 0 Å². The van der Waals surface area contributed by atoms with E-state index in [0.717, 1.165) is 22.3 Å². The van der Waals surface area contributed by atoms with Gasteiger partial charge in [0, 0.05) is 13.0 Å². The summed E-state index contributed by atoms with van der Waals surface area (Å²) in [5, 5.41) is 12.0. The number of ether oxygens (including phenoxy) is 2. The third-order valence-corrected chi connectivity index (χ3v) is 6.55. The topological polar surface area (TPSA) is 105 Å². The van der Waals surface area contributed by atoms with Crippen LogP contribution in [-0.2, 0) is 19.1 Å². The van der Waals surface area contributed by atoms with Crippen molar-refractivity contribution in [2.45, 2.75) is 31.3 Å². The van der Waals surface area contributed by atoms with Crippen LogP contribution in [0.4, 0.5) is 4.79 Å². The maximum atomic E-state index is 13.0. The van der Waals surface area contributed by atoms with E-state index in [9.17, 15) is 19.5 Å². The smallest absolute Gasteiger partial charge is 0.407 e. The van der Waals surface area contributed by atoms with Gasteiger partial charge in [-0.25, -0.2) is 4.79 Å². The molecular formula is C25H28N2O6. The number of benzene rings is 2. The number of carbonyl (C=O) groups excluding carboxylic acids is 2. The highest BCUT2D eigenvalue weighted by Crippen LogP contribution is 2.44. The highest BCUT2D eigenvalue weighted by molar-refractivity contribution is 5.86. The summed E-state index contributed by atoms with van der Waals surface area (Å²) in [7, 11) is 1.54. The van der Waals surface area contributed by atoms with Crippen molar-refractivity contribution in [2.75, 3.05) is 26.9 Å². The summed E-state index contributed by atoms with van der Waals surface area (Å²) in [6.45, 7) is 2.15. The maximum Gasteiger partial charge on any atom is 0.407 e. The monoisotopic (exact) mass is 452 g/mol. The molecule has 2 N–H and O–H groups in total. The van der Waals surface area contributed by atoms with Gasteiger partial charge in [-0.2, -0.15) is 0 Å². The van der Waals surface area contributed by atoms with Gasteiger partial charge in [0.2, 0.25) is 5.91 Å². The van der Waals surface area contributed by atoms with Gasteiger partial charge >= 0.3 is 12.1 Å². The van der Waals surface area contributed by atoms with E-state index in [1.54, 1.807) is 14.0 Å². The SMILES string of the molecule is CC[C@@H](NC(=O)OCC1c2ccccc2-c2ccccc21)C(=O)N(C)C1COCC1C(=O)O. The molecule has 1 heterocycles. The number of hydrogen-bond acceptors (Lipinski definition) is 5. The Morgan fingerprint density at radius 3 is 2.27 bits per heavy atom. The fourth-order valence-corrected chi connectivity index (χ4v) is 4.69. The van der Waals surface area contributed by atoms with Gasteiger partial charge in [0.05, 0.1) is 19.3 Å². The maximum absolute atomic E-state index is 13.0.